The molecule has 2 rings (SSSR count). The van der Waals surface area contributed by atoms with Gasteiger partial charge in [-0.2, -0.15) is 0 Å². The molecule has 116 valence electrons. The lowest BCUT2D eigenvalue weighted by Crippen LogP contribution is -2.19. The molecular weight excluding hydrogens is 288 g/mol. The summed E-state index contributed by atoms with van der Waals surface area (Å²) in [6.07, 6.45) is 1.89. The van der Waals surface area contributed by atoms with Crippen LogP contribution >= 0.6 is 0 Å². The number of pyridine rings is 1. The maximum Gasteiger partial charge on any atom is 0.339 e. The Hall–Kier alpha value is -2.83. The summed E-state index contributed by atoms with van der Waals surface area (Å²) in [6.45, 7) is 4.03. The van der Waals surface area contributed by atoms with Gasteiger partial charge < -0.3 is 19.4 Å². The van der Waals surface area contributed by atoms with Crippen LogP contribution in [0.4, 0.5) is 5.69 Å². The van der Waals surface area contributed by atoms with Gasteiger partial charge in [0.05, 0.1) is 5.69 Å². The number of furan rings is 1. The summed E-state index contributed by atoms with van der Waals surface area (Å²) < 4.78 is 6.72. The monoisotopic (exact) mass is 304 g/mol. The number of hydrogen-bond acceptors (Lipinski definition) is 4. The van der Waals surface area contributed by atoms with E-state index in [-0.39, 0.29) is 22.6 Å². The standard InChI is InChI=1S/C15H16N2O5/c1-3-11-10(15(20)21)7-12(22-11)14(19)16-9-5-6-13(18)17(4-2)8-9/h5-8H,3-4H2,1-2H3,(H,16,19)(H,20,21). The average molecular weight is 304 g/mol. The summed E-state index contributed by atoms with van der Waals surface area (Å²) in [5, 5.41) is 11.6. The fourth-order valence-electron chi connectivity index (χ4n) is 2.03. The molecule has 0 radical (unpaired) electrons. The zero-order valence-electron chi connectivity index (χ0n) is 12.3. The van der Waals surface area contributed by atoms with Gasteiger partial charge in [0.1, 0.15) is 11.3 Å². The third-order valence-electron chi connectivity index (χ3n) is 3.17. The van der Waals surface area contributed by atoms with Gasteiger partial charge in [-0.1, -0.05) is 6.92 Å². The zero-order valence-corrected chi connectivity index (χ0v) is 12.3. The van der Waals surface area contributed by atoms with Crippen LogP contribution in [0.2, 0.25) is 0 Å². The highest BCUT2D eigenvalue weighted by Gasteiger charge is 2.20. The minimum absolute atomic E-state index is 0.0221. The van der Waals surface area contributed by atoms with Gasteiger partial charge >= 0.3 is 5.97 Å². The number of aromatic carboxylic acids is 1. The molecule has 0 saturated carbocycles. The van der Waals surface area contributed by atoms with Crippen LogP contribution in [0, 0.1) is 0 Å². The van der Waals surface area contributed by atoms with Gasteiger partial charge in [0.25, 0.3) is 11.5 Å². The highest BCUT2D eigenvalue weighted by atomic mass is 16.4. The molecule has 0 aromatic carbocycles. The van der Waals surface area contributed by atoms with Crippen molar-refractivity contribution in [3.63, 3.8) is 0 Å². The lowest BCUT2D eigenvalue weighted by atomic mass is 10.2. The lowest BCUT2D eigenvalue weighted by molar-refractivity contribution is 0.0694. The number of aryl methyl sites for hydroxylation is 2. The molecule has 2 N–H and O–H groups in total. The SMILES string of the molecule is CCc1oc(C(=O)Nc2ccc(=O)n(CC)c2)cc1C(=O)O. The van der Waals surface area contributed by atoms with E-state index in [1.54, 1.807) is 6.92 Å². The molecule has 22 heavy (non-hydrogen) atoms. The molecule has 2 aromatic heterocycles. The zero-order chi connectivity index (χ0) is 16.3. The second-order valence-corrected chi connectivity index (χ2v) is 4.60. The number of rotatable bonds is 5. The second kappa shape index (κ2) is 6.30. The van der Waals surface area contributed by atoms with Crippen LogP contribution < -0.4 is 10.9 Å². The number of carboxylic acids is 1. The fraction of sp³-hybridized carbons (Fsp3) is 0.267. The summed E-state index contributed by atoms with van der Waals surface area (Å²) in [7, 11) is 0. The number of carbonyl (C=O) groups excluding carboxylic acids is 1. The van der Waals surface area contributed by atoms with Crippen molar-refractivity contribution in [2.75, 3.05) is 5.32 Å². The third kappa shape index (κ3) is 3.08. The number of amides is 1. The number of aromatic nitrogens is 1. The highest BCUT2D eigenvalue weighted by molar-refractivity contribution is 6.03. The van der Waals surface area contributed by atoms with Crippen molar-refractivity contribution in [2.45, 2.75) is 26.8 Å². The maximum atomic E-state index is 12.1. The van der Waals surface area contributed by atoms with Crippen LogP contribution in [0.15, 0.2) is 33.6 Å². The van der Waals surface area contributed by atoms with Gasteiger partial charge in [-0.05, 0) is 13.0 Å². The molecule has 0 atom stereocenters. The van der Waals surface area contributed by atoms with Crippen molar-refractivity contribution < 1.29 is 19.1 Å². The van der Waals surface area contributed by atoms with Crippen LogP contribution in [0.25, 0.3) is 0 Å². The smallest absolute Gasteiger partial charge is 0.339 e. The van der Waals surface area contributed by atoms with Gasteiger partial charge in [-0.25, -0.2) is 4.79 Å². The first kappa shape index (κ1) is 15.6. The fourth-order valence-corrected chi connectivity index (χ4v) is 2.03. The van der Waals surface area contributed by atoms with Crippen molar-refractivity contribution in [3.05, 3.63) is 51.8 Å². The van der Waals surface area contributed by atoms with E-state index < -0.39 is 11.9 Å². The molecule has 7 heteroatoms. The van der Waals surface area contributed by atoms with E-state index in [9.17, 15) is 14.4 Å². The van der Waals surface area contributed by atoms with Crippen LogP contribution in [0.1, 0.15) is 40.5 Å². The maximum absolute atomic E-state index is 12.1. The Labute approximate surface area is 126 Å². The number of anilines is 1. The van der Waals surface area contributed by atoms with Crippen LogP contribution in [0.5, 0.6) is 0 Å². The molecule has 0 saturated heterocycles. The Morgan fingerprint density at radius 2 is 2.05 bits per heavy atom. The molecule has 0 fully saturated rings. The number of carboxylic acid groups (broad SMARTS) is 1. The van der Waals surface area contributed by atoms with Crippen molar-refractivity contribution >= 4 is 17.6 Å². The van der Waals surface area contributed by atoms with Crippen LogP contribution in [-0.2, 0) is 13.0 Å². The predicted molar refractivity (Wildman–Crippen MR) is 79.4 cm³/mol. The van der Waals surface area contributed by atoms with Crippen molar-refractivity contribution in [3.8, 4) is 0 Å². The second-order valence-electron chi connectivity index (χ2n) is 4.60. The van der Waals surface area contributed by atoms with Crippen LogP contribution in [0.3, 0.4) is 0 Å². The Morgan fingerprint density at radius 1 is 1.32 bits per heavy atom. The van der Waals surface area contributed by atoms with E-state index in [2.05, 4.69) is 5.32 Å². The quantitative estimate of drug-likeness (QED) is 0.879. The normalized spacial score (nSPS) is 10.5. The summed E-state index contributed by atoms with van der Waals surface area (Å²) in [5.41, 5.74) is 0.240. The molecule has 1 amide bonds. The van der Waals surface area contributed by atoms with Crippen molar-refractivity contribution in [1.29, 1.82) is 0 Å². The number of hydrogen-bond donors (Lipinski definition) is 2. The molecule has 2 heterocycles. The summed E-state index contributed by atoms with van der Waals surface area (Å²) in [5.74, 6) is -1.54. The van der Waals surface area contributed by atoms with E-state index in [1.165, 1.54) is 29.0 Å². The first-order chi connectivity index (χ1) is 10.5. The molecule has 0 spiro atoms. The molecular formula is C15H16N2O5. The number of nitrogens with zero attached hydrogens (tertiary/aromatic N) is 1. The summed E-state index contributed by atoms with van der Waals surface area (Å²) >= 11 is 0. The van der Waals surface area contributed by atoms with Gasteiger partial charge in [0, 0.05) is 31.3 Å². The Bertz CT molecular complexity index is 772. The van der Waals surface area contributed by atoms with E-state index >= 15 is 0 Å². The minimum atomic E-state index is -1.14. The van der Waals surface area contributed by atoms with Crippen molar-refractivity contribution in [1.82, 2.24) is 4.57 Å². The van der Waals surface area contributed by atoms with E-state index in [0.29, 0.717) is 18.7 Å². The predicted octanol–water partition coefficient (Wildman–Crippen LogP) is 1.97. The largest absolute Gasteiger partial charge is 0.478 e. The molecule has 0 unspecified atom stereocenters. The van der Waals surface area contributed by atoms with E-state index in [1.807, 2.05) is 6.92 Å². The first-order valence-corrected chi connectivity index (χ1v) is 6.84. The van der Waals surface area contributed by atoms with Gasteiger partial charge in [-0.3, -0.25) is 9.59 Å². The summed E-state index contributed by atoms with van der Waals surface area (Å²) in [4.78, 5) is 34.7. The minimum Gasteiger partial charge on any atom is -0.478 e. The Morgan fingerprint density at radius 3 is 2.59 bits per heavy atom. The molecule has 7 nitrogen and oxygen atoms in total. The molecule has 0 bridgehead atoms. The van der Waals surface area contributed by atoms with E-state index in [0.717, 1.165) is 0 Å². The number of nitrogens with one attached hydrogen (secondary N) is 1. The van der Waals surface area contributed by atoms with Gasteiger partial charge in [0.2, 0.25) is 0 Å². The molecule has 0 aliphatic carbocycles. The molecule has 0 aliphatic heterocycles. The van der Waals surface area contributed by atoms with Crippen molar-refractivity contribution in [2.24, 2.45) is 0 Å². The third-order valence-corrected chi connectivity index (χ3v) is 3.17. The van der Waals surface area contributed by atoms with Gasteiger partial charge in [0.15, 0.2) is 5.76 Å². The Balaban J connectivity index is 2.26. The molecule has 2 aromatic rings. The van der Waals surface area contributed by atoms with Gasteiger partial charge in [-0.15, -0.1) is 0 Å². The Kier molecular flexibility index (Phi) is 4.45. The summed E-state index contributed by atoms with van der Waals surface area (Å²) in [6, 6.07) is 4.03. The topological polar surface area (TPSA) is 102 Å². The highest BCUT2D eigenvalue weighted by Crippen LogP contribution is 2.18. The first-order valence-electron chi connectivity index (χ1n) is 6.84. The average Bonchev–Trinajstić information content (AvgIpc) is 2.93. The van der Waals surface area contributed by atoms with E-state index in [4.69, 9.17) is 9.52 Å². The lowest BCUT2D eigenvalue weighted by Gasteiger charge is -2.06. The number of carbonyl (C=O) groups is 2. The van der Waals surface area contributed by atoms with Crippen LogP contribution in [-0.4, -0.2) is 21.6 Å². The molecule has 0 aliphatic rings.